The van der Waals surface area contributed by atoms with Crippen LogP contribution in [0.3, 0.4) is 0 Å². The lowest BCUT2D eigenvalue weighted by Gasteiger charge is -2.03. The van der Waals surface area contributed by atoms with E-state index in [-0.39, 0.29) is 11.1 Å². The van der Waals surface area contributed by atoms with Gasteiger partial charge < -0.3 is 0 Å². The third-order valence-corrected chi connectivity index (χ3v) is 2.34. The van der Waals surface area contributed by atoms with Crippen molar-refractivity contribution in [1.82, 2.24) is 0 Å². The Balaban J connectivity index is 2.57. The van der Waals surface area contributed by atoms with Crippen LogP contribution in [0.25, 0.3) is 11.1 Å². The number of hydrogen-bond acceptors (Lipinski definition) is 2. The van der Waals surface area contributed by atoms with E-state index < -0.39 is 28.1 Å². The smallest absolute Gasteiger partial charge is 0.258 e. The van der Waals surface area contributed by atoms with Gasteiger partial charge in [0.1, 0.15) is 11.6 Å². The average Bonchev–Trinajstić information content (AvgIpc) is 2.27. The molecule has 0 atom stereocenters. The number of nitrogens with zero attached hydrogens (tertiary/aromatic N) is 1. The summed E-state index contributed by atoms with van der Waals surface area (Å²) in [7, 11) is 0. The lowest BCUT2D eigenvalue weighted by atomic mass is 10.0. The molecule has 0 aliphatic rings. The van der Waals surface area contributed by atoms with Gasteiger partial charge in [-0.25, -0.2) is 8.78 Å². The fourth-order valence-electron chi connectivity index (χ4n) is 1.55. The quantitative estimate of drug-likeness (QED) is 0.605. The zero-order valence-electron chi connectivity index (χ0n) is 8.86. The lowest BCUT2D eigenvalue weighted by Crippen LogP contribution is -1.93. The first-order chi connectivity index (χ1) is 8.47. The summed E-state index contributed by atoms with van der Waals surface area (Å²) in [6.07, 6.45) is 0. The summed E-state index contributed by atoms with van der Waals surface area (Å²) in [5.74, 6) is -2.62. The largest absolute Gasteiger partial charge is 0.305 e. The van der Waals surface area contributed by atoms with Crippen LogP contribution in [0.2, 0.25) is 0 Å². The first-order valence-electron chi connectivity index (χ1n) is 4.88. The Morgan fingerprint density at radius 2 is 1.50 bits per heavy atom. The van der Waals surface area contributed by atoms with E-state index in [1.165, 1.54) is 6.07 Å². The molecule has 18 heavy (non-hydrogen) atoms. The van der Waals surface area contributed by atoms with E-state index >= 15 is 0 Å². The zero-order valence-corrected chi connectivity index (χ0v) is 8.86. The van der Waals surface area contributed by atoms with Crippen molar-refractivity contribution in [1.29, 1.82) is 0 Å². The number of hydrogen-bond donors (Lipinski definition) is 0. The summed E-state index contributed by atoms with van der Waals surface area (Å²) in [6.45, 7) is 0. The molecule has 0 saturated heterocycles. The molecule has 0 bridgehead atoms. The maximum absolute atomic E-state index is 13.1. The van der Waals surface area contributed by atoms with Crippen LogP contribution in [0.15, 0.2) is 36.4 Å². The van der Waals surface area contributed by atoms with Crippen LogP contribution in [-0.4, -0.2) is 4.92 Å². The van der Waals surface area contributed by atoms with Crippen molar-refractivity contribution in [2.24, 2.45) is 0 Å². The monoisotopic (exact) mass is 253 g/mol. The van der Waals surface area contributed by atoms with Crippen LogP contribution in [0.5, 0.6) is 0 Å². The fourth-order valence-corrected chi connectivity index (χ4v) is 1.55. The van der Waals surface area contributed by atoms with Gasteiger partial charge in [0.2, 0.25) is 5.82 Å². The Morgan fingerprint density at radius 3 is 2.06 bits per heavy atom. The third kappa shape index (κ3) is 2.32. The molecular formula is C12H6F3NO2. The third-order valence-electron chi connectivity index (χ3n) is 2.34. The molecule has 2 rings (SSSR count). The normalized spacial score (nSPS) is 10.4. The molecule has 0 aromatic heterocycles. The molecule has 0 N–H and O–H groups in total. The molecule has 3 nitrogen and oxygen atoms in total. The molecule has 0 spiro atoms. The van der Waals surface area contributed by atoms with Crippen LogP contribution < -0.4 is 0 Å². The van der Waals surface area contributed by atoms with Crippen LogP contribution in [0.4, 0.5) is 18.9 Å². The average molecular weight is 253 g/mol. The molecule has 0 heterocycles. The van der Waals surface area contributed by atoms with E-state index in [1.54, 1.807) is 0 Å². The summed E-state index contributed by atoms with van der Waals surface area (Å²) < 4.78 is 39.1. The maximum Gasteiger partial charge on any atom is 0.305 e. The van der Waals surface area contributed by atoms with Gasteiger partial charge in [0.15, 0.2) is 0 Å². The van der Waals surface area contributed by atoms with Crippen molar-refractivity contribution in [3.8, 4) is 11.1 Å². The van der Waals surface area contributed by atoms with E-state index in [0.717, 1.165) is 24.3 Å². The second-order valence-corrected chi connectivity index (χ2v) is 3.58. The minimum Gasteiger partial charge on any atom is -0.258 e. The highest BCUT2D eigenvalue weighted by Crippen LogP contribution is 2.27. The van der Waals surface area contributed by atoms with Gasteiger partial charge in [-0.2, -0.15) is 4.39 Å². The number of nitro groups is 1. The van der Waals surface area contributed by atoms with Gasteiger partial charge in [-0.15, -0.1) is 0 Å². The summed E-state index contributed by atoms with van der Waals surface area (Å²) in [4.78, 5) is 9.66. The van der Waals surface area contributed by atoms with E-state index in [9.17, 15) is 23.3 Å². The molecular weight excluding hydrogens is 247 g/mol. The minimum atomic E-state index is -0.999. The van der Waals surface area contributed by atoms with Gasteiger partial charge in [-0.1, -0.05) is 6.07 Å². The van der Waals surface area contributed by atoms with Crippen molar-refractivity contribution in [2.45, 2.75) is 0 Å². The van der Waals surface area contributed by atoms with Crippen molar-refractivity contribution in [3.05, 3.63) is 64.0 Å². The molecule has 0 amide bonds. The molecule has 2 aromatic rings. The Kier molecular flexibility index (Phi) is 3.01. The van der Waals surface area contributed by atoms with Crippen LogP contribution in [0, 0.1) is 27.6 Å². The molecule has 6 heteroatoms. The van der Waals surface area contributed by atoms with Gasteiger partial charge in [0.25, 0.3) is 0 Å². The van der Waals surface area contributed by atoms with Crippen LogP contribution in [-0.2, 0) is 0 Å². The predicted molar refractivity (Wildman–Crippen MR) is 58.4 cm³/mol. The number of nitro benzene ring substituents is 1. The Morgan fingerprint density at radius 1 is 0.889 bits per heavy atom. The standard InChI is InChI=1S/C12H6F3NO2/c13-9-3-8(4-10(14)6-9)7-1-2-11(15)12(5-7)16(17)18/h1-6H. The highest BCUT2D eigenvalue weighted by atomic mass is 19.1. The molecule has 0 fully saturated rings. The number of halogens is 3. The van der Waals surface area contributed by atoms with Crippen LogP contribution in [0.1, 0.15) is 0 Å². The van der Waals surface area contributed by atoms with Gasteiger partial charge in [-0.05, 0) is 29.3 Å². The minimum absolute atomic E-state index is 0.107. The van der Waals surface area contributed by atoms with E-state index in [2.05, 4.69) is 0 Å². The van der Waals surface area contributed by atoms with Crippen molar-refractivity contribution in [3.63, 3.8) is 0 Å². The summed E-state index contributed by atoms with van der Waals surface area (Å²) in [6, 6.07) is 5.75. The van der Waals surface area contributed by atoms with Crippen molar-refractivity contribution in [2.75, 3.05) is 0 Å². The predicted octanol–water partition coefficient (Wildman–Crippen LogP) is 3.68. The summed E-state index contributed by atoms with van der Waals surface area (Å²) in [5.41, 5.74) is -0.464. The SMILES string of the molecule is O=[N+]([O-])c1cc(-c2cc(F)cc(F)c2)ccc1F. The Labute approximate surface area is 99.6 Å². The lowest BCUT2D eigenvalue weighted by molar-refractivity contribution is -0.387. The number of benzene rings is 2. The van der Waals surface area contributed by atoms with Gasteiger partial charge in [0, 0.05) is 12.1 Å². The zero-order chi connectivity index (χ0) is 13.3. The van der Waals surface area contributed by atoms with Gasteiger partial charge in [-0.3, -0.25) is 10.1 Å². The summed E-state index contributed by atoms with van der Waals surface area (Å²) in [5, 5.41) is 10.6. The van der Waals surface area contributed by atoms with E-state index in [0.29, 0.717) is 6.07 Å². The molecule has 0 radical (unpaired) electrons. The first-order valence-corrected chi connectivity index (χ1v) is 4.88. The van der Waals surface area contributed by atoms with E-state index in [4.69, 9.17) is 0 Å². The second-order valence-electron chi connectivity index (χ2n) is 3.58. The molecule has 2 aromatic carbocycles. The first kappa shape index (κ1) is 12.1. The number of rotatable bonds is 2. The topological polar surface area (TPSA) is 43.1 Å². The highest BCUT2D eigenvalue weighted by molar-refractivity contribution is 5.66. The fraction of sp³-hybridized carbons (Fsp3) is 0. The Bertz CT molecular complexity index is 608. The molecule has 0 saturated carbocycles. The van der Waals surface area contributed by atoms with Gasteiger partial charge >= 0.3 is 5.69 Å². The molecule has 0 unspecified atom stereocenters. The highest BCUT2D eigenvalue weighted by Gasteiger charge is 2.15. The Hall–Kier alpha value is -2.37. The van der Waals surface area contributed by atoms with Crippen molar-refractivity contribution >= 4 is 5.69 Å². The maximum atomic E-state index is 13.1. The van der Waals surface area contributed by atoms with Crippen molar-refractivity contribution < 1.29 is 18.1 Å². The molecule has 92 valence electrons. The van der Waals surface area contributed by atoms with E-state index in [1.807, 2.05) is 0 Å². The molecule has 0 aliphatic carbocycles. The molecule has 0 aliphatic heterocycles. The van der Waals surface area contributed by atoms with Crippen LogP contribution >= 0.6 is 0 Å². The summed E-state index contributed by atoms with van der Waals surface area (Å²) >= 11 is 0. The second kappa shape index (κ2) is 4.48. The van der Waals surface area contributed by atoms with Gasteiger partial charge in [0.05, 0.1) is 4.92 Å².